The maximum Gasteiger partial charge on any atom is 0.251 e. The van der Waals surface area contributed by atoms with Crippen molar-refractivity contribution in [2.75, 3.05) is 32.1 Å². The van der Waals surface area contributed by atoms with E-state index in [1.807, 2.05) is 13.1 Å². The number of carbonyl (C=O) groups excluding carboxylic acids is 1. The number of nitrogens with one attached hydrogen (secondary N) is 2. The molecule has 1 saturated heterocycles. The van der Waals surface area contributed by atoms with Crippen LogP contribution in [0, 0.1) is 5.92 Å². The van der Waals surface area contributed by atoms with E-state index in [1.54, 1.807) is 6.07 Å². The van der Waals surface area contributed by atoms with Gasteiger partial charge in [0.25, 0.3) is 5.91 Å². The molecule has 1 aliphatic rings. The molecule has 0 aromatic carbocycles. The Kier molecular flexibility index (Phi) is 5.99. The highest BCUT2D eigenvalue weighted by Crippen LogP contribution is 2.15. The molecule has 0 saturated carbocycles. The lowest BCUT2D eigenvalue weighted by Gasteiger charge is -2.22. The molecule has 0 radical (unpaired) electrons. The number of rotatable bonds is 6. The molecule has 1 aromatic heterocycles. The molecule has 1 aliphatic heterocycles. The molecule has 0 spiro atoms. The Balaban J connectivity index is 1.98. The van der Waals surface area contributed by atoms with Crippen molar-refractivity contribution in [1.29, 1.82) is 0 Å². The highest BCUT2D eigenvalue weighted by Gasteiger charge is 2.16. The van der Waals surface area contributed by atoms with Gasteiger partial charge in [-0.05, 0) is 37.3 Å². The van der Waals surface area contributed by atoms with Gasteiger partial charge in [-0.3, -0.25) is 4.79 Å². The highest BCUT2D eigenvalue weighted by atomic mass is 16.5. The van der Waals surface area contributed by atoms with Gasteiger partial charge in [0, 0.05) is 38.1 Å². The Labute approximate surface area is 126 Å². The fourth-order valence-electron chi connectivity index (χ4n) is 2.52. The minimum Gasteiger partial charge on any atom is -0.381 e. The third-order valence-corrected chi connectivity index (χ3v) is 3.80. The fourth-order valence-corrected chi connectivity index (χ4v) is 2.52. The van der Waals surface area contributed by atoms with Crippen molar-refractivity contribution >= 4 is 11.7 Å². The molecule has 1 amide bonds. The minimum atomic E-state index is -0.0160. The third-order valence-electron chi connectivity index (χ3n) is 3.80. The molecular formula is C16H25N3O2. The molecule has 5 nitrogen and oxygen atoms in total. The Morgan fingerprint density at radius 1 is 1.38 bits per heavy atom. The summed E-state index contributed by atoms with van der Waals surface area (Å²) in [6.45, 7) is 4.45. The number of nitrogens with zero attached hydrogens (tertiary/aromatic N) is 1. The van der Waals surface area contributed by atoms with E-state index < -0.39 is 0 Å². The smallest absolute Gasteiger partial charge is 0.251 e. The summed E-state index contributed by atoms with van der Waals surface area (Å²) in [7, 11) is 1.82. The number of ether oxygens (including phenoxy) is 1. The van der Waals surface area contributed by atoms with Crippen molar-refractivity contribution in [2.24, 2.45) is 5.92 Å². The number of hydrogen-bond acceptors (Lipinski definition) is 4. The summed E-state index contributed by atoms with van der Waals surface area (Å²) in [6, 6.07) is 3.70. The molecule has 0 aliphatic carbocycles. The van der Waals surface area contributed by atoms with E-state index >= 15 is 0 Å². The minimum absolute atomic E-state index is 0.0160. The van der Waals surface area contributed by atoms with Gasteiger partial charge in [0.1, 0.15) is 5.82 Å². The Hall–Kier alpha value is -1.62. The lowest BCUT2D eigenvalue weighted by Crippen LogP contribution is -2.32. The van der Waals surface area contributed by atoms with Gasteiger partial charge in [-0.1, -0.05) is 13.3 Å². The predicted molar refractivity (Wildman–Crippen MR) is 83.7 cm³/mol. The second-order valence-corrected chi connectivity index (χ2v) is 5.50. The van der Waals surface area contributed by atoms with E-state index in [4.69, 9.17) is 4.74 Å². The van der Waals surface area contributed by atoms with Crippen LogP contribution in [-0.4, -0.2) is 37.7 Å². The Morgan fingerprint density at radius 2 is 2.14 bits per heavy atom. The Bertz CT molecular complexity index is 471. The van der Waals surface area contributed by atoms with Gasteiger partial charge in [-0.2, -0.15) is 0 Å². The molecule has 21 heavy (non-hydrogen) atoms. The molecule has 0 atom stereocenters. The summed E-state index contributed by atoms with van der Waals surface area (Å²) in [5.41, 5.74) is 1.64. The first-order valence-electron chi connectivity index (χ1n) is 7.77. The summed E-state index contributed by atoms with van der Waals surface area (Å²) < 4.78 is 5.33. The SMILES string of the molecule is CCCc1cc(C(=O)NCC2CCOCC2)cc(NC)n1. The van der Waals surface area contributed by atoms with Gasteiger partial charge in [0.05, 0.1) is 0 Å². The maximum absolute atomic E-state index is 12.3. The number of anilines is 1. The molecular weight excluding hydrogens is 266 g/mol. The van der Waals surface area contributed by atoms with Crippen molar-refractivity contribution < 1.29 is 9.53 Å². The molecule has 0 unspecified atom stereocenters. The molecule has 2 N–H and O–H groups in total. The monoisotopic (exact) mass is 291 g/mol. The van der Waals surface area contributed by atoms with Crippen molar-refractivity contribution in [3.8, 4) is 0 Å². The zero-order chi connectivity index (χ0) is 15.1. The first kappa shape index (κ1) is 15.8. The number of amides is 1. The summed E-state index contributed by atoms with van der Waals surface area (Å²) in [5, 5.41) is 6.06. The molecule has 1 fully saturated rings. The van der Waals surface area contributed by atoms with Crippen LogP contribution in [-0.2, 0) is 11.2 Å². The zero-order valence-electron chi connectivity index (χ0n) is 12.9. The van der Waals surface area contributed by atoms with E-state index in [-0.39, 0.29) is 5.91 Å². The first-order chi connectivity index (χ1) is 10.2. The number of aromatic nitrogens is 1. The molecule has 2 heterocycles. The lowest BCUT2D eigenvalue weighted by atomic mass is 10.0. The van der Waals surface area contributed by atoms with Crippen LogP contribution in [0.25, 0.3) is 0 Å². The van der Waals surface area contributed by atoms with Crippen LogP contribution in [0.4, 0.5) is 5.82 Å². The fraction of sp³-hybridized carbons (Fsp3) is 0.625. The lowest BCUT2D eigenvalue weighted by molar-refractivity contribution is 0.0642. The van der Waals surface area contributed by atoms with Gasteiger partial charge in [0.2, 0.25) is 0 Å². The van der Waals surface area contributed by atoms with Gasteiger partial charge >= 0.3 is 0 Å². The summed E-state index contributed by atoms with van der Waals surface area (Å²) >= 11 is 0. The summed E-state index contributed by atoms with van der Waals surface area (Å²) in [6.07, 6.45) is 3.96. The summed E-state index contributed by atoms with van der Waals surface area (Å²) in [5.74, 6) is 1.26. The predicted octanol–water partition coefficient (Wildman–Crippen LogP) is 2.23. The molecule has 2 rings (SSSR count). The summed E-state index contributed by atoms with van der Waals surface area (Å²) in [4.78, 5) is 16.8. The van der Waals surface area contributed by atoms with E-state index in [9.17, 15) is 4.79 Å². The molecule has 1 aromatic rings. The van der Waals surface area contributed by atoms with Crippen molar-refractivity contribution in [3.63, 3.8) is 0 Å². The van der Waals surface area contributed by atoms with Crippen LogP contribution in [0.5, 0.6) is 0 Å². The maximum atomic E-state index is 12.3. The van der Waals surface area contributed by atoms with Crippen molar-refractivity contribution in [3.05, 3.63) is 23.4 Å². The van der Waals surface area contributed by atoms with Gasteiger partial charge < -0.3 is 15.4 Å². The normalized spacial score (nSPS) is 15.7. The zero-order valence-corrected chi connectivity index (χ0v) is 12.9. The van der Waals surface area contributed by atoms with Crippen LogP contribution in [0.15, 0.2) is 12.1 Å². The van der Waals surface area contributed by atoms with Crippen LogP contribution < -0.4 is 10.6 Å². The second-order valence-electron chi connectivity index (χ2n) is 5.50. The second kappa shape index (κ2) is 7.98. The standard InChI is InChI=1S/C16H25N3O2/c1-3-4-14-9-13(10-15(17-2)19-14)16(20)18-11-12-5-7-21-8-6-12/h9-10,12H,3-8,11H2,1-2H3,(H,17,19)(H,18,20). The average molecular weight is 291 g/mol. The van der Waals surface area contributed by atoms with Crippen molar-refractivity contribution in [1.82, 2.24) is 10.3 Å². The van der Waals surface area contributed by atoms with Crippen molar-refractivity contribution in [2.45, 2.75) is 32.6 Å². The topological polar surface area (TPSA) is 63.2 Å². The highest BCUT2D eigenvalue weighted by molar-refractivity contribution is 5.95. The third kappa shape index (κ3) is 4.70. The number of aryl methyl sites for hydroxylation is 1. The number of hydrogen-bond donors (Lipinski definition) is 2. The van der Waals surface area contributed by atoms with Crippen LogP contribution in [0.1, 0.15) is 42.2 Å². The van der Waals surface area contributed by atoms with Crippen LogP contribution in [0.3, 0.4) is 0 Å². The van der Waals surface area contributed by atoms with Gasteiger partial charge in [0.15, 0.2) is 0 Å². The average Bonchev–Trinajstić information content (AvgIpc) is 2.53. The molecule has 116 valence electrons. The Morgan fingerprint density at radius 3 is 2.81 bits per heavy atom. The molecule has 5 heteroatoms. The number of carbonyl (C=O) groups is 1. The molecule has 0 bridgehead atoms. The van der Waals surface area contributed by atoms with Crippen LogP contribution >= 0.6 is 0 Å². The van der Waals surface area contributed by atoms with E-state index in [0.717, 1.165) is 57.0 Å². The van der Waals surface area contributed by atoms with Crippen LogP contribution in [0.2, 0.25) is 0 Å². The largest absolute Gasteiger partial charge is 0.381 e. The quantitative estimate of drug-likeness (QED) is 0.843. The van der Waals surface area contributed by atoms with Gasteiger partial charge in [-0.25, -0.2) is 4.98 Å². The van der Waals surface area contributed by atoms with E-state index in [2.05, 4.69) is 22.5 Å². The van der Waals surface area contributed by atoms with Gasteiger partial charge in [-0.15, -0.1) is 0 Å². The van der Waals surface area contributed by atoms with E-state index in [0.29, 0.717) is 11.5 Å². The van der Waals surface area contributed by atoms with E-state index in [1.165, 1.54) is 0 Å². The first-order valence-corrected chi connectivity index (χ1v) is 7.77. The number of pyridine rings is 1.